The molecule has 0 spiro atoms. The lowest BCUT2D eigenvalue weighted by Crippen LogP contribution is -2.19. The van der Waals surface area contributed by atoms with Gasteiger partial charge in [-0.1, -0.05) is 0 Å². The Morgan fingerprint density at radius 1 is 1.09 bits per heavy atom. The highest BCUT2D eigenvalue weighted by molar-refractivity contribution is 4.58. The maximum absolute atomic E-state index is 5.54. The lowest BCUT2D eigenvalue weighted by atomic mass is 10.2. The molecule has 0 amide bonds. The standard InChI is InChI=1S/C9H21NO/c1-9(2,3)11-8-6-4-5-7-10/h4-8,10H2,1-3H3. The van der Waals surface area contributed by atoms with Crippen molar-refractivity contribution in [1.29, 1.82) is 0 Å². The van der Waals surface area contributed by atoms with Gasteiger partial charge in [-0.3, -0.25) is 0 Å². The van der Waals surface area contributed by atoms with Crippen molar-refractivity contribution in [2.24, 2.45) is 5.73 Å². The Kier molecular flexibility index (Phi) is 5.51. The summed E-state index contributed by atoms with van der Waals surface area (Å²) in [5, 5.41) is 0. The molecule has 0 aliphatic rings. The summed E-state index contributed by atoms with van der Waals surface area (Å²) in [5.41, 5.74) is 5.37. The molecule has 0 heterocycles. The van der Waals surface area contributed by atoms with E-state index in [0.29, 0.717) is 0 Å². The van der Waals surface area contributed by atoms with Gasteiger partial charge < -0.3 is 10.5 Å². The van der Waals surface area contributed by atoms with E-state index >= 15 is 0 Å². The van der Waals surface area contributed by atoms with Crippen molar-refractivity contribution in [3.05, 3.63) is 0 Å². The predicted octanol–water partition coefficient (Wildman–Crippen LogP) is 1.93. The van der Waals surface area contributed by atoms with Crippen LogP contribution in [0.25, 0.3) is 0 Å². The van der Waals surface area contributed by atoms with Gasteiger partial charge in [0, 0.05) is 6.61 Å². The molecular weight excluding hydrogens is 138 g/mol. The van der Waals surface area contributed by atoms with Gasteiger partial charge in [0.25, 0.3) is 0 Å². The van der Waals surface area contributed by atoms with Gasteiger partial charge in [0.05, 0.1) is 5.60 Å². The van der Waals surface area contributed by atoms with Gasteiger partial charge in [0.15, 0.2) is 0 Å². The third-order valence-electron chi connectivity index (χ3n) is 1.38. The van der Waals surface area contributed by atoms with Crippen LogP contribution < -0.4 is 5.73 Å². The fourth-order valence-corrected chi connectivity index (χ4v) is 0.802. The Balaban J connectivity index is 3.02. The average Bonchev–Trinajstić information content (AvgIpc) is 1.85. The van der Waals surface area contributed by atoms with Crippen LogP contribution in [-0.4, -0.2) is 18.8 Å². The highest BCUT2D eigenvalue weighted by atomic mass is 16.5. The van der Waals surface area contributed by atoms with Gasteiger partial charge in [0.2, 0.25) is 0 Å². The molecule has 11 heavy (non-hydrogen) atoms. The lowest BCUT2D eigenvalue weighted by Gasteiger charge is -2.19. The highest BCUT2D eigenvalue weighted by Gasteiger charge is 2.08. The minimum Gasteiger partial charge on any atom is -0.376 e. The van der Waals surface area contributed by atoms with E-state index in [1.165, 1.54) is 6.42 Å². The SMILES string of the molecule is CC(C)(C)OCCCCCN. The van der Waals surface area contributed by atoms with E-state index in [1.807, 2.05) is 0 Å². The summed E-state index contributed by atoms with van der Waals surface area (Å²) in [6, 6.07) is 0. The van der Waals surface area contributed by atoms with Crippen molar-refractivity contribution in [2.75, 3.05) is 13.2 Å². The Hall–Kier alpha value is -0.0800. The summed E-state index contributed by atoms with van der Waals surface area (Å²) in [5.74, 6) is 0. The van der Waals surface area contributed by atoms with Gasteiger partial charge in [-0.2, -0.15) is 0 Å². The number of ether oxygens (including phenoxy) is 1. The molecule has 2 heteroatoms. The Labute approximate surface area is 70.1 Å². The molecule has 0 aromatic rings. The quantitative estimate of drug-likeness (QED) is 0.622. The smallest absolute Gasteiger partial charge is 0.0598 e. The van der Waals surface area contributed by atoms with Crippen LogP contribution in [0.4, 0.5) is 0 Å². The van der Waals surface area contributed by atoms with Crippen LogP contribution in [0.2, 0.25) is 0 Å². The monoisotopic (exact) mass is 159 g/mol. The van der Waals surface area contributed by atoms with E-state index in [4.69, 9.17) is 10.5 Å². The summed E-state index contributed by atoms with van der Waals surface area (Å²) >= 11 is 0. The van der Waals surface area contributed by atoms with E-state index in [0.717, 1.165) is 26.0 Å². The first-order valence-electron chi connectivity index (χ1n) is 4.40. The normalized spacial score (nSPS) is 12.0. The van der Waals surface area contributed by atoms with E-state index < -0.39 is 0 Å². The minimum absolute atomic E-state index is 0.0166. The molecule has 0 fully saturated rings. The molecule has 0 aliphatic heterocycles. The topological polar surface area (TPSA) is 35.2 Å². The molecule has 0 atom stereocenters. The van der Waals surface area contributed by atoms with Crippen LogP contribution in [0.1, 0.15) is 40.0 Å². The highest BCUT2D eigenvalue weighted by Crippen LogP contribution is 2.07. The second-order valence-corrected chi connectivity index (χ2v) is 3.81. The van der Waals surface area contributed by atoms with Gasteiger partial charge in [-0.25, -0.2) is 0 Å². The second kappa shape index (κ2) is 5.56. The number of hydrogen-bond acceptors (Lipinski definition) is 2. The third kappa shape index (κ3) is 9.92. The molecule has 0 saturated heterocycles. The third-order valence-corrected chi connectivity index (χ3v) is 1.38. The van der Waals surface area contributed by atoms with Crippen LogP contribution in [0.15, 0.2) is 0 Å². The molecule has 0 bridgehead atoms. The maximum atomic E-state index is 5.54. The molecule has 0 aliphatic carbocycles. The second-order valence-electron chi connectivity index (χ2n) is 3.81. The van der Waals surface area contributed by atoms with Crippen molar-refractivity contribution in [1.82, 2.24) is 0 Å². The van der Waals surface area contributed by atoms with Gasteiger partial charge in [0.1, 0.15) is 0 Å². The molecule has 0 aromatic carbocycles. The minimum atomic E-state index is 0.0166. The van der Waals surface area contributed by atoms with Crippen molar-refractivity contribution in [2.45, 2.75) is 45.6 Å². The first-order valence-corrected chi connectivity index (χ1v) is 4.40. The van der Waals surface area contributed by atoms with E-state index in [2.05, 4.69) is 20.8 Å². The zero-order valence-corrected chi connectivity index (χ0v) is 8.02. The number of nitrogens with two attached hydrogens (primary N) is 1. The summed E-state index contributed by atoms with van der Waals surface area (Å²) < 4.78 is 5.54. The van der Waals surface area contributed by atoms with Gasteiger partial charge in [-0.05, 0) is 46.6 Å². The first-order chi connectivity index (χ1) is 5.06. The summed E-state index contributed by atoms with van der Waals surface area (Å²) in [6.07, 6.45) is 3.44. The van der Waals surface area contributed by atoms with Crippen LogP contribution in [0, 0.1) is 0 Å². The van der Waals surface area contributed by atoms with Crippen LogP contribution in [0.5, 0.6) is 0 Å². The van der Waals surface area contributed by atoms with E-state index in [-0.39, 0.29) is 5.60 Å². The molecule has 0 radical (unpaired) electrons. The zero-order chi connectivity index (χ0) is 8.74. The summed E-state index contributed by atoms with van der Waals surface area (Å²) in [6.45, 7) is 7.90. The van der Waals surface area contributed by atoms with Crippen molar-refractivity contribution in [3.8, 4) is 0 Å². The molecular formula is C9H21NO. The lowest BCUT2D eigenvalue weighted by molar-refractivity contribution is -0.00464. The number of hydrogen-bond donors (Lipinski definition) is 1. The maximum Gasteiger partial charge on any atom is 0.0598 e. The molecule has 0 unspecified atom stereocenters. The Bertz CT molecular complexity index is 86.1. The summed E-state index contributed by atoms with van der Waals surface area (Å²) in [7, 11) is 0. The zero-order valence-electron chi connectivity index (χ0n) is 8.02. The first kappa shape index (κ1) is 10.9. The number of unbranched alkanes of at least 4 members (excludes halogenated alkanes) is 2. The Morgan fingerprint density at radius 2 is 1.73 bits per heavy atom. The predicted molar refractivity (Wildman–Crippen MR) is 48.6 cm³/mol. The molecule has 2 N–H and O–H groups in total. The van der Waals surface area contributed by atoms with Gasteiger partial charge >= 0.3 is 0 Å². The van der Waals surface area contributed by atoms with Crippen LogP contribution >= 0.6 is 0 Å². The summed E-state index contributed by atoms with van der Waals surface area (Å²) in [4.78, 5) is 0. The van der Waals surface area contributed by atoms with Crippen molar-refractivity contribution in [3.63, 3.8) is 0 Å². The van der Waals surface area contributed by atoms with Gasteiger partial charge in [-0.15, -0.1) is 0 Å². The largest absolute Gasteiger partial charge is 0.376 e. The van der Waals surface area contributed by atoms with E-state index in [1.54, 1.807) is 0 Å². The number of rotatable bonds is 5. The van der Waals surface area contributed by atoms with Crippen molar-refractivity contribution >= 4 is 0 Å². The average molecular weight is 159 g/mol. The van der Waals surface area contributed by atoms with Crippen LogP contribution in [0.3, 0.4) is 0 Å². The fourth-order valence-electron chi connectivity index (χ4n) is 0.802. The molecule has 0 rings (SSSR count). The van der Waals surface area contributed by atoms with E-state index in [9.17, 15) is 0 Å². The molecule has 68 valence electrons. The fraction of sp³-hybridized carbons (Fsp3) is 1.00. The molecule has 2 nitrogen and oxygen atoms in total. The Morgan fingerprint density at radius 3 is 2.18 bits per heavy atom. The molecule has 0 aromatic heterocycles. The molecule has 0 saturated carbocycles. The van der Waals surface area contributed by atoms with Crippen molar-refractivity contribution < 1.29 is 4.74 Å². The van der Waals surface area contributed by atoms with Crippen LogP contribution in [-0.2, 0) is 4.74 Å².